The summed E-state index contributed by atoms with van der Waals surface area (Å²) in [6.45, 7) is 1.80. The first kappa shape index (κ1) is 8.87. The van der Waals surface area contributed by atoms with Crippen LogP contribution in [0.4, 0.5) is 5.69 Å². The standard InChI is InChI=1S/C9H12N2OS/c1-12-11-7-6-10-8-4-2-3-5-9(8)13-11/h2-5,10H,6-7H2,1H3. The molecule has 0 aromatic heterocycles. The smallest absolute Gasteiger partial charge is 0.0586 e. The van der Waals surface area contributed by atoms with E-state index >= 15 is 0 Å². The minimum Gasteiger partial charge on any atom is -0.383 e. The molecule has 0 spiro atoms. The molecule has 1 N–H and O–H groups in total. The number of para-hydroxylation sites is 1. The summed E-state index contributed by atoms with van der Waals surface area (Å²) in [6.07, 6.45) is 0. The third kappa shape index (κ3) is 1.96. The fraction of sp³-hybridized carbons (Fsp3) is 0.333. The summed E-state index contributed by atoms with van der Waals surface area (Å²) in [5.74, 6) is 0. The molecule has 1 aliphatic rings. The van der Waals surface area contributed by atoms with Crippen molar-refractivity contribution in [3.63, 3.8) is 0 Å². The highest BCUT2D eigenvalue weighted by Gasteiger charge is 2.13. The zero-order chi connectivity index (χ0) is 9.10. The number of nitrogens with zero attached hydrogens (tertiary/aromatic N) is 1. The van der Waals surface area contributed by atoms with Crippen molar-refractivity contribution in [3.05, 3.63) is 24.3 Å². The van der Waals surface area contributed by atoms with Gasteiger partial charge in [-0.05, 0) is 24.1 Å². The summed E-state index contributed by atoms with van der Waals surface area (Å²) >= 11 is 1.63. The van der Waals surface area contributed by atoms with E-state index in [1.807, 2.05) is 16.6 Å². The zero-order valence-electron chi connectivity index (χ0n) is 7.49. The molecule has 0 saturated carbocycles. The summed E-state index contributed by atoms with van der Waals surface area (Å²) in [6, 6.07) is 8.24. The normalized spacial score (nSPS) is 17.3. The van der Waals surface area contributed by atoms with Gasteiger partial charge in [0.25, 0.3) is 0 Å². The van der Waals surface area contributed by atoms with Crippen LogP contribution in [0.15, 0.2) is 29.2 Å². The van der Waals surface area contributed by atoms with Crippen molar-refractivity contribution in [2.45, 2.75) is 4.90 Å². The molecule has 0 bridgehead atoms. The van der Waals surface area contributed by atoms with Gasteiger partial charge in [0.1, 0.15) is 0 Å². The molecule has 0 unspecified atom stereocenters. The number of hydrogen-bond acceptors (Lipinski definition) is 4. The van der Waals surface area contributed by atoms with Crippen LogP contribution in [0.5, 0.6) is 0 Å². The van der Waals surface area contributed by atoms with Gasteiger partial charge in [0.05, 0.1) is 13.7 Å². The first-order valence-corrected chi connectivity index (χ1v) is 5.00. The van der Waals surface area contributed by atoms with Crippen molar-refractivity contribution in [1.29, 1.82) is 0 Å². The maximum Gasteiger partial charge on any atom is 0.0586 e. The van der Waals surface area contributed by atoms with Crippen LogP contribution in [0.3, 0.4) is 0 Å². The zero-order valence-corrected chi connectivity index (χ0v) is 8.30. The van der Waals surface area contributed by atoms with E-state index in [4.69, 9.17) is 4.84 Å². The number of hydroxylamine groups is 1. The molecule has 0 aliphatic carbocycles. The lowest BCUT2D eigenvalue weighted by Gasteiger charge is -2.14. The molecule has 2 rings (SSSR count). The number of benzene rings is 1. The van der Waals surface area contributed by atoms with E-state index in [2.05, 4.69) is 17.4 Å². The van der Waals surface area contributed by atoms with Gasteiger partial charge in [0.15, 0.2) is 0 Å². The Hall–Kier alpha value is -0.710. The van der Waals surface area contributed by atoms with Crippen molar-refractivity contribution < 1.29 is 4.84 Å². The summed E-state index contributed by atoms with van der Waals surface area (Å²) in [5.41, 5.74) is 1.19. The van der Waals surface area contributed by atoms with E-state index in [-0.39, 0.29) is 0 Å². The van der Waals surface area contributed by atoms with Crippen LogP contribution >= 0.6 is 11.9 Å². The lowest BCUT2D eigenvalue weighted by Crippen LogP contribution is -2.19. The number of fused-ring (bicyclic) bond motifs is 1. The molecule has 0 atom stereocenters. The first-order chi connectivity index (χ1) is 6.40. The molecule has 0 amide bonds. The first-order valence-electron chi connectivity index (χ1n) is 4.22. The van der Waals surface area contributed by atoms with E-state index in [0.717, 1.165) is 13.1 Å². The van der Waals surface area contributed by atoms with Gasteiger partial charge in [-0.3, -0.25) is 4.84 Å². The Morgan fingerprint density at radius 2 is 2.31 bits per heavy atom. The SMILES string of the molecule is CON1CCNc2ccccc2S1. The Morgan fingerprint density at radius 1 is 1.46 bits per heavy atom. The second-order valence-electron chi connectivity index (χ2n) is 2.75. The van der Waals surface area contributed by atoms with Crippen LogP contribution in [0.25, 0.3) is 0 Å². The Balaban J connectivity index is 2.23. The number of rotatable bonds is 1. The van der Waals surface area contributed by atoms with Gasteiger partial charge in [-0.15, -0.1) is 4.47 Å². The predicted octanol–water partition coefficient (Wildman–Crippen LogP) is 1.98. The summed E-state index contributed by atoms with van der Waals surface area (Å²) in [4.78, 5) is 6.39. The molecule has 1 heterocycles. The van der Waals surface area contributed by atoms with Crippen LogP contribution in [0.1, 0.15) is 0 Å². The van der Waals surface area contributed by atoms with E-state index in [9.17, 15) is 0 Å². The van der Waals surface area contributed by atoms with Crippen LogP contribution in [-0.4, -0.2) is 24.7 Å². The molecular formula is C9H12N2OS. The van der Waals surface area contributed by atoms with Crippen molar-refractivity contribution in [3.8, 4) is 0 Å². The summed E-state index contributed by atoms with van der Waals surface area (Å²) in [5, 5.41) is 3.35. The molecular weight excluding hydrogens is 184 g/mol. The summed E-state index contributed by atoms with van der Waals surface area (Å²) < 4.78 is 1.87. The molecule has 0 radical (unpaired) electrons. The van der Waals surface area contributed by atoms with Crippen molar-refractivity contribution in [2.75, 3.05) is 25.5 Å². The Kier molecular flexibility index (Phi) is 2.73. The molecule has 4 heteroatoms. The van der Waals surface area contributed by atoms with Gasteiger partial charge in [-0.1, -0.05) is 12.1 Å². The third-order valence-electron chi connectivity index (χ3n) is 1.90. The average molecular weight is 196 g/mol. The van der Waals surface area contributed by atoms with Gasteiger partial charge in [0, 0.05) is 17.1 Å². The van der Waals surface area contributed by atoms with Crippen molar-refractivity contribution in [2.24, 2.45) is 0 Å². The molecule has 13 heavy (non-hydrogen) atoms. The van der Waals surface area contributed by atoms with Gasteiger partial charge < -0.3 is 5.32 Å². The lowest BCUT2D eigenvalue weighted by atomic mass is 10.3. The summed E-state index contributed by atoms with van der Waals surface area (Å²) in [7, 11) is 1.70. The predicted molar refractivity (Wildman–Crippen MR) is 54.5 cm³/mol. The highest BCUT2D eigenvalue weighted by molar-refractivity contribution is 7.97. The van der Waals surface area contributed by atoms with Gasteiger partial charge in [-0.25, -0.2) is 0 Å². The van der Waals surface area contributed by atoms with Crippen LogP contribution in [-0.2, 0) is 4.84 Å². The second-order valence-corrected chi connectivity index (χ2v) is 3.78. The molecule has 70 valence electrons. The number of hydrogen-bond donors (Lipinski definition) is 1. The van der Waals surface area contributed by atoms with Crippen LogP contribution in [0, 0.1) is 0 Å². The van der Waals surface area contributed by atoms with E-state index < -0.39 is 0 Å². The van der Waals surface area contributed by atoms with Crippen molar-refractivity contribution in [1.82, 2.24) is 4.47 Å². The van der Waals surface area contributed by atoms with Crippen molar-refractivity contribution >= 4 is 17.6 Å². The lowest BCUT2D eigenvalue weighted by molar-refractivity contribution is -0.0337. The van der Waals surface area contributed by atoms with E-state index in [0.29, 0.717) is 0 Å². The third-order valence-corrected chi connectivity index (χ3v) is 2.99. The maximum absolute atomic E-state index is 5.18. The molecule has 0 fully saturated rings. The maximum atomic E-state index is 5.18. The molecule has 0 saturated heterocycles. The molecule has 1 aliphatic heterocycles. The quantitative estimate of drug-likeness (QED) is 0.694. The molecule has 3 nitrogen and oxygen atoms in total. The van der Waals surface area contributed by atoms with Gasteiger partial charge in [0.2, 0.25) is 0 Å². The van der Waals surface area contributed by atoms with Crippen LogP contribution in [0.2, 0.25) is 0 Å². The number of anilines is 1. The molecule has 1 aromatic rings. The van der Waals surface area contributed by atoms with E-state index in [1.54, 1.807) is 19.1 Å². The minimum absolute atomic E-state index is 0.885. The van der Waals surface area contributed by atoms with E-state index in [1.165, 1.54) is 10.6 Å². The Morgan fingerprint density at radius 3 is 3.15 bits per heavy atom. The fourth-order valence-electron chi connectivity index (χ4n) is 1.26. The highest BCUT2D eigenvalue weighted by atomic mass is 32.2. The Labute approximate surface area is 82.2 Å². The largest absolute Gasteiger partial charge is 0.383 e. The monoisotopic (exact) mass is 196 g/mol. The fourth-order valence-corrected chi connectivity index (χ4v) is 2.11. The molecule has 1 aromatic carbocycles. The van der Waals surface area contributed by atoms with Gasteiger partial charge >= 0.3 is 0 Å². The number of nitrogens with one attached hydrogen (secondary N) is 1. The average Bonchev–Trinajstić information content (AvgIpc) is 2.38. The highest BCUT2D eigenvalue weighted by Crippen LogP contribution is 2.31. The minimum atomic E-state index is 0.885. The Bertz CT molecular complexity index is 293. The van der Waals surface area contributed by atoms with Gasteiger partial charge in [-0.2, -0.15) is 0 Å². The van der Waals surface area contributed by atoms with Crippen LogP contribution < -0.4 is 5.32 Å². The topological polar surface area (TPSA) is 24.5 Å². The second kappa shape index (κ2) is 4.00.